The van der Waals surface area contributed by atoms with Gasteiger partial charge >= 0.3 is 6.18 Å². The van der Waals surface area contributed by atoms with Crippen molar-refractivity contribution in [3.63, 3.8) is 0 Å². The Morgan fingerprint density at radius 1 is 1.12 bits per heavy atom. The van der Waals surface area contributed by atoms with Crippen molar-refractivity contribution in [1.29, 1.82) is 0 Å². The fourth-order valence-electron chi connectivity index (χ4n) is 2.42. The SMILES string of the molecule is Cc1cc(C(F)(F)F)cc(O)c1-c1ccc(CNc2cnccn2)nn1. The molecule has 0 aliphatic heterocycles. The number of nitrogens with one attached hydrogen (secondary N) is 1. The number of nitrogens with zero attached hydrogens (tertiary/aromatic N) is 4. The quantitative estimate of drug-likeness (QED) is 0.739. The lowest BCUT2D eigenvalue weighted by molar-refractivity contribution is -0.137. The highest BCUT2D eigenvalue weighted by molar-refractivity contribution is 5.71. The molecule has 2 heterocycles. The zero-order valence-corrected chi connectivity index (χ0v) is 13.6. The van der Waals surface area contributed by atoms with Gasteiger partial charge in [-0.05, 0) is 36.8 Å². The van der Waals surface area contributed by atoms with Gasteiger partial charge in [-0.15, -0.1) is 0 Å². The summed E-state index contributed by atoms with van der Waals surface area (Å²) in [5.41, 5.74) is 0.463. The summed E-state index contributed by atoms with van der Waals surface area (Å²) in [4.78, 5) is 7.99. The van der Waals surface area contributed by atoms with Crippen LogP contribution in [0.15, 0.2) is 42.9 Å². The van der Waals surface area contributed by atoms with Crippen molar-refractivity contribution in [3.8, 4) is 17.0 Å². The second kappa shape index (κ2) is 6.95. The van der Waals surface area contributed by atoms with Crippen LogP contribution in [0, 0.1) is 6.92 Å². The zero-order chi connectivity index (χ0) is 18.7. The number of phenols is 1. The first-order valence-electron chi connectivity index (χ1n) is 7.58. The van der Waals surface area contributed by atoms with Crippen molar-refractivity contribution in [2.45, 2.75) is 19.6 Å². The van der Waals surface area contributed by atoms with Gasteiger partial charge in [-0.1, -0.05) is 0 Å². The van der Waals surface area contributed by atoms with Crippen molar-refractivity contribution < 1.29 is 18.3 Å². The Labute approximate surface area is 146 Å². The number of hydrogen-bond donors (Lipinski definition) is 2. The van der Waals surface area contributed by atoms with E-state index < -0.39 is 17.5 Å². The van der Waals surface area contributed by atoms with E-state index in [0.29, 0.717) is 24.1 Å². The maximum atomic E-state index is 12.8. The maximum Gasteiger partial charge on any atom is 0.416 e. The van der Waals surface area contributed by atoms with Crippen LogP contribution in [0.3, 0.4) is 0 Å². The predicted molar refractivity (Wildman–Crippen MR) is 88.2 cm³/mol. The molecule has 26 heavy (non-hydrogen) atoms. The number of hydrogen-bond acceptors (Lipinski definition) is 6. The maximum absolute atomic E-state index is 12.8. The van der Waals surface area contributed by atoms with E-state index in [1.807, 2.05) is 0 Å². The van der Waals surface area contributed by atoms with E-state index in [2.05, 4.69) is 25.5 Å². The number of phenolic OH excluding ortho intramolecular Hbond substituents is 1. The predicted octanol–water partition coefficient (Wildman–Crippen LogP) is 3.58. The molecule has 2 aromatic heterocycles. The van der Waals surface area contributed by atoms with Crippen LogP contribution in [0.5, 0.6) is 5.75 Å². The average molecular weight is 361 g/mol. The number of benzene rings is 1. The van der Waals surface area contributed by atoms with Gasteiger partial charge in [0.2, 0.25) is 0 Å². The minimum Gasteiger partial charge on any atom is -0.507 e. The van der Waals surface area contributed by atoms with Crippen LogP contribution in [-0.2, 0) is 12.7 Å². The van der Waals surface area contributed by atoms with Crippen molar-refractivity contribution in [3.05, 3.63) is 59.7 Å². The summed E-state index contributed by atoms with van der Waals surface area (Å²) in [6.07, 6.45) is 0.139. The normalized spacial score (nSPS) is 11.4. The average Bonchev–Trinajstić information content (AvgIpc) is 2.60. The van der Waals surface area contributed by atoms with Crippen LogP contribution < -0.4 is 5.32 Å². The van der Waals surface area contributed by atoms with Crippen molar-refractivity contribution >= 4 is 5.82 Å². The molecule has 0 spiro atoms. The lowest BCUT2D eigenvalue weighted by Gasteiger charge is -2.13. The van der Waals surface area contributed by atoms with Gasteiger partial charge in [0.25, 0.3) is 0 Å². The highest BCUT2D eigenvalue weighted by Crippen LogP contribution is 2.38. The number of rotatable bonds is 4. The third-order valence-corrected chi connectivity index (χ3v) is 3.63. The largest absolute Gasteiger partial charge is 0.507 e. The summed E-state index contributed by atoms with van der Waals surface area (Å²) < 4.78 is 38.4. The Hall–Kier alpha value is -3.23. The summed E-state index contributed by atoms with van der Waals surface area (Å²) in [5.74, 6) is 0.0895. The molecule has 2 N–H and O–H groups in total. The Morgan fingerprint density at radius 3 is 2.50 bits per heavy atom. The molecule has 0 saturated carbocycles. The van der Waals surface area contributed by atoms with Gasteiger partial charge in [0.05, 0.1) is 29.7 Å². The molecule has 0 saturated heterocycles. The molecule has 1 aromatic carbocycles. The zero-order valence-electron chi connectivity index (χ0n) is 13.6. The van der Waals surface area contributed by atoms with E-state index in [9.17, 15) is 18.3 Å². The Morgan fingerprint density at radius 2 is 1.92 bits per heavy atom. The van der Waals surface area contributed by atoms with Crippen LogP contribution in [0.1, 0.15) is 16.8 Å². The van der Waals surface area contributed by atoms with E-state index in [1.54, 1.807) is 30.7 Å². The molecule has 9 heteroatoms. The van der Waals surface area contributed by atoms with Gasteiger partial charge in [0.15, 0.2) is 0 Å². The van der Waals surface area contributed by atoms with Crippen LogP contribution in [0.4, 0.5) is 19.0 Å². The number of alkyl halides is 3. The summed E-state index contributed by atoms with van der Waals surface area (Å²) in [6.45, 7) is 1.83. The molecule has 0 aliphatic carbocycles. The van der Waals surface area contributed by atoms with Gasteiger partial charge in [-0.3, -0.25) is 4.98 Å². The summed E-state index contributed by atoms with van der Waals surface area (Å²) >= 11 is 0. The highest BCUT2D eigenvalue weighted by atomic mass is 19.4. The molecule has 0 fully saturated rings. The van der Waals surface area contributed by atoms with Crippen LogP contribution in [0.2, 0.25) is 0 Å². The summed E-state index contributed by atoms with van der Waals surface area (Å²) in [7, 11) is 0. The molecule has 0 atom stereocenters. The first kappa shape index (κ1) is 17.6. The molecule has 0 unspecified atom stereocenters. The number of aromatic hydroxyl groups is 1. The molecular formula is C17H14F3N5O. The van der Waals surface area contributed by atoms with Gasteiger partial charge in [0, 0.05) is 18.0 Å². The Bertz CT molecular complexity index is 876. The minimum atomic E-state index is -4.53. The van der Waals surface area contributed by atoms with Gasteiger partial charge in [-0.2, -0.15) is 23.4 Å². The smallest absolute Gasteiger partial charge is 0.416 e. The first-order valence-corrected chi connectivity index (χ1v) is 7.58. The van der Waals surface area contributed by atoms with E-state index in [0.717, 1.165) is 6.07 Å². The molecule has 3 aromatic rings. The summed E-state index contributed by atoms with van der Waals surface area (Å²) in [6, 6.07) is 4.92. The number of aromatic nitrogens is 4. The number of anilines is 1. The number of aryl methyl sites for hydroxylation is 1. The van der Waals surface area contributed by atoms with Crippen molar-refractivity contribution in [2.75, 3.05) is 5.32 Å². The van der Waals surface area contributed by atoms with Crippen LogP contribution in [-0.4, -0.2) is 25.3 Å². The third kappa shape index (κ3) is 3.88. The van der Waals surface area contributed by atoms with E-state index in [-0.39, 0.29) is 16.8 Å². The number of halogens is 3. The third-order valence-electron chi connectivity index (χ3n) is 3.63. The standard InChI is InChI=1S/C17H14F3N5O/c1-10-6-11(17(18,19)20)7-14(26)16(10)13-3-2-12(24-25-13)8-23-15-9-21-4-5-22-15/h2-7,9,26H,8H2,1H3,(H,22,23). The molecule has 0 bridgehead atoms. The van der Waals surface area contributed by atoms with E-state index >= 15 is 0 Å². The fraction of sp³-hybridized carbons (Fsp3) is 0.176. The fourth-order valence-corrected chi connectivity index (χ4v) is 2.42. The molecular weight excluding hydrogens is 347 g/mol. The van der Waals surface area contributed by atoms with Crippen LogP contribution in [0.25, 0.3) is 11.3 Å². The molecule has 0 aliphatic rings. The van der Waals surface area contributed by atoms with Gasteiger partial charge in [0.1, 0.15) is 11.6 Å². The molecule has 0 amide bonds. The van der Waals surface area contributed by atoms with Crippen LogP contribution >= 0.6 is 0 Å². The second-order valence-electron chi connectivity index (χ2n) is 5.54. The van der Waals surface area contributed by atoms with Crippen molar-refractivity contribution in [2.24, 2.45) is 0 Å². The molecule has 6 nitrogen and oxygen atoms in total. The van der Waals surface area contributed by atoms with Gasteiger partial charge in [-0.25, -0.2) is 4.98 Å². The minimum absolute atomic E-state index is 0.221. The Kier molecular flexibility index (Phi) is 4.70. The lowest BCUT2D eigenvalue weighted by atomic mass is 10.0. The van der Waals surface area contributed by atoms with Crippen molar-refractivity contribution in [1.82, 2.24) is 20.2 Å². The topological polar surface area (TPSA) is 83.8 Å². The van der Waals surface area contributed by atoms with Gasteiger partial charge < -0.3 is 10.4 Å². The second-order valence-corrected chi connectivity index (χ2v) is 5.54. The molecule has 0 radical (unpaired) electrons. The molecule has 3 rings (SSSR count). The van der Waals surface area contributed by atoms with E-state index in [1.165, 1.54) is 6.92 Å². The first-order chi connectivity index (χ1) is 12.3. The monoisotopic (exact) mass is 361 g/mol. The summed E-state index contributed by atoms with van der Waals surface area (Å²) in [5, 5.41) is 21.1. The lowest BCUT2D eigenvalue weighted by Crippen LogP contribution is -2.06. The van der Waals surface area contributed by atoms with E-state index in [4.69, 9.17) is 0 Å². The Balaban J connectivity index is 1.80. The highest BCUT2D eigenvalue weighted by Gasteiger charge is 2.32. The molecule has 134 valence electrons.